The SMILES string of the molecule is CCc1nc(C)sc1C(=O)Nc1nc2cc(C(N)=O)cc(OC)c2n1C/C=C/Cn1c2nc(-c3cc(C)nn3CC)ncc2c2cc(C(N)=O)cc(OCCC3CNC3)c21. The Kier molecular flexibility index (Phi) is 11.1. The first kappa shape index (κ1) is 40.1. The average Bonchev–Trinajstić information content (AvgIpc) is 3.97. The third-order valence-corrected chi connectivity index (χ3v) is 11.7. The number of fused-ring (bicyclic) bond motifs is 4. The van der Waals surface area contributed by atoms with Gasteiger partial charge in [0, 0.05) is 47.7 Å². The Morgan fingerprint density at radius 1 is 0.933 bits per heavy atom. The minimum atomic E-state index is -0.637. The predicted octanol–water partition coefficient (Wildman–Crippen LogP) is 5.16. The number of thiazole rings is 1. The standard InChI is InChI=1S/C42H46N12O5S/c1-6-29-36(60-23(4)47-29)41(57)50-42-48-30-16-26(38(44)56)17-32(58-5)35(30)53(42)12-9-8-11-52-34-27(15-25(37(43)55)18-33(34)59-13-10-24-19-45-20-24)28-21-46-39(49-40(28)52)31-14-22(3)51-54(31)7-2/h8-9,14-18,21,24,45H,6-7,10-13,19-20H2,1-5H3,(H2,43,55)(H2,44,56)(H,48,50,57)/b9-8+. The largest absolute Gasteiger partial charge is 0.494 e. The number of aryl methyl sites for hydroxylation is 4. The molecule has 1 aliphatic heterocycles. The Labute approximate surface area is 348 Å². The van der Waals surface area contributed by atoms with E-state index in [0.29, 0.717) is 82.2 Å². The molecule has 0 bridgehead atoms. The molecule has 60 heavy (non-hydrogen) atoms. The molecule has 2 aromatic carbocycles. The molecule has 0 spiro atoms. The molecule has 17 nitrogen and oxygen atoms in total. The van der Waals surface area contributed by atoms with Gasteiger partial charge in [-0.25, -0.2) is 19.9 Å². The molecule has 1 saturated heterocycles. The second-order valence-corrected chi connectivity index (χ2v) is 15.9. The van der Waals surface area contributed by atoms with Gasteiger partial charge in [0.25, 0.3) is 5.91 Å². The quantitative estimate of drug-likeness (QED) is 0.0931. The summed E-state index contributed by atoms with van der Waals surface area (Å²) in [7, 11) is 1.50. The molecule has 0 radical (unpaired) electrons. The van der Waals surface area contributed by atoms with Crippen molar-refractivity contribution in [1.29, 1.82) is 0 Å². The number of hydrogen-bond acceptors (Lipinski definition) is 12. The number of anilines is 1. The van der Waals surface area contributed by atoms with Crippen LogP contribution in [0.25, 0.3) is 44.5 Å². The van der Waals surface area contributed by atoms with Gasteiger partial charge in [-0.05, 0) is 83.0 Å². The lowest BCUT2D eigenvalue weighted by Gasteiger charge is -2.26. The summed E-state index contributed by atoms with van der Waals surface area (Å²) in [6.07, 6.45) is 7.14. The lowest BCUT2D eigenvalue weighted by molar-refractivity contribution is 0.0991. The topological polar surface area (TPSA) is 225 Å². The number of hydrogen-bond donors (Lipinski definition) is 4. The van der Waals surface area contributed by atoms with Gasteiger partial charge in [0.05, 0.1) is 41.1 Å². The van der Waals surface area contributed by atoms with Crippen molar-refractivity contribution in [3.63, 3.8) is 0 Å². The molecule has 8 rings (SSSR count). The van der Waals surface area contributed by atoms with E-state index in [-0.39, 0.29) is 24.0 Å². The van der Waals surface area contributed by atoms with Gasteiger partial charge < -0.3 is 35.4 Å². The molecular weight excluding hydrogens is 785 g/mol. The van der Waals surface area contributed by atoms with Crippen molar-refractivity contribution in [2.75, 3.05) is 32.1 Å². The number of carbonyl (C=O) groups excluding carboxylic acids is 3. The summed E-state index contributed by atoms with van der Waals surface area (Å²) in [4.78, 5) is 58.3. The molecule has 310 valence electrons. The normalized spacial score (nSPS) is 13.2. The van der Waals surface area contributed by atoms with Crippen molar-refractivity contribution in [1.82, 2.24) is 44.2 Å². The number of allylic oxidation sites excluding steroid dienone is 2. The van der Waals surface area contributed by atoms with Crippen LogP contribution in [0.2, 0.25) is 0 Å². The fourth-order valence-electron chi connectivity index (χ4n) is 7.58. The number of ether oxygens (including phenoxy) is 2. The summed E-state index contributed by atoms with van der Waals surface area (Å²) >= 11 is 1.31. The highest BCUT2D eigenvalue weighted by molar-refractivity contribution is 7.13. The van der Waals surface area contributed by atoms with Crippen molar-refractivity contribution in [3.05, 3.63) is 81.1 Å². The van der Waals surface area contributed by atoms with Crippen LogP contribution in [-0.2, 0) is 26.1 Å². The van der Waals surface area contributed by atoms with Crippen LogP contribution in [0.1, 0.15) is 67.1 Å². The Morgan fingerprint density at radius 2 is 1.67 bits per heavy atom. The fraction of sp³-hybridized carbons (Fsp3) is 0.333. The van der Waals surface area contributed by atoms with Crippen molar-refractivity contribution in [2.24, 2.45) is 17.4 Å². The molecule has 1 aliphatic rings. The van der Waals surface area contributed by atoms with E-state index in [1.54, 1.807) is 30.5 Å². The number of methoxy groups -OCH3 is 1. The average molecular weight is 831 g/mol. The lowest BCUT2D eigenvalue weighted by atomic mass is 10.0. The molecule has 3 amide bonds. The molecule has 6 N–H and O–H groups in total. The van der Waals surface area contributed by atoms with Gasteiger partial charge in [-0.2, -0.15) is 5.10 Å². The fourth-order valence-corrected chi connectivity index (χ4v) is 8.48. The number of rotatable bonds is 16. The van der Waals surface area contributed by atoms with Crippen molar-refractivity contribution >= 4 is 68.0 Å². The summed E-state index contributed by atoms with van der Waals surface area (Å²) in [5.74, 6) is 0.596. The monoisotopic (exact) mass is 830 g/mol. The minimum absolute atomic E-state index is 0.218. The van der Waals surface area contributed by atoms with Gasteiger partial charge in [0.2, 0.25) is 17.8 Å². The number of amides is 3. The zero-order valence-corrected chi connectivity index (χ0v) is 34.9. The summed E-state index contributed by atoms with van der Waals surface area (Å²) in [6, 6.07) is 8.55. The van der Waals surface area contributed by atoms with Crippen LogP contribution < -0.4 is 31.6 Å². The molecule has 18 heteroatoms. The van der Waals surface area contributed by atoms with Gasteiger partial charge in [-0.15, -0.1) is 11.3 Å². The van der Waals surface area contributed by atoms with Gasteiger partial charge >= 0.3 is 0 Å². The summed E-state index contributed by atoms with van der Waals surface area (Å²) in [5, 5.41) is 13.1. The second kappa shape index (κ2) is 16.5. The molecule has 1 fully saturated rings. The van der Waals surface area contributed by atoms with Crippen LogP contribution in [0.3, 0.4) is 0 Å². The molecule has 7 aromatic rings. The Morgan fingerprint density at radius 3 is 2.35 bits per heavy atom. The van der Waals surface area contributed by atoms with Crippen LogP contribution in [0.5, 0.6) is 11.5 Å². The third-order valence-electron chi connectivity index (χ3n) is 10.6. The Bertz CT molecular complexity index is 2850. The number of aromatic nitrogens is 8. The van der Waals surface area contributed by atoms with E-state index in [1.165, 1.54) is 18.4 Å². The van der Waals surface area contributed by atoms with E-state index >= 15 is 0 Å². The smallest absolute Gasteiger partial charge is 0.269 e. The first-order chi connectivity index (χ1) is 29.0. The highest BCUT2D eigenvalue weighted by Gasteiger charge is 2.24. The Balaban J connectivity index is 1.22. The van der Waals surface area contributed by atoms with E-state index in [1.807, 2.05) is 59.7 Å². The van der Waals surface area contributed by atoms with E-state index in [0.717, 1.165) is 52.2 Å². The van der Waals surface area contributed by atoms with Crippen molar-refractivity contribution in [3.8, 4) is 23.0 Å². The zero-order chi connectivity index (χ0) is 42.2. The van der Waals surface area contributed by atoms with Crippen LogP contribution in [-0.4, -0.2) is 83.4 Å². The number of benzene rings is 2. The number of nitrogens with zero attached hydrogens (tertiary/aromatic N) is 8. The minimum Gasteiger partial charge on any atom is -0.494 e. The van der Waals surface area contributed by atoms with E-state index in [4.69, 9.17) is 35.9 Å². The van der Waals surface area contributed by atoms with E-state index in [9.17, 15) is 14.4 Å². The number of imidazole rings is 1. The predicted molar refractivity (Wildman–Crippen MR) is 230 cm³/mol. The lowest BCUT2D eigenvalue weighted by Crippen LogP contribution is -2.42. The maximum Gasteiger partial charge on any atom is 0.269 e. The maximum absolute atomic E-state index is 13.7. The van der Waals surface area contributed by atoms with Crippen LogP contribution in [0, 0.1) is 19.8 Å². The Hall–Kier alpha value is -6.66. The van der Waals surface area contributed by atoms with Gasteiger partial charge in [0.1, 0.15) is 33.2 Å². The molecule has 0 atom stereocenters. The molecule has 6 heterocycles. The van der Waals surface area contributed by atoms with E-state index < -0.39 is 11.8 Å². The maximum atomic E-state index is 13.7. The molecule has 0 saturated carbocycles. The van der Waals surface area contributed by atoms with Crippen LogP contribution >= 0.6 is 11.3 Å². The highest BCUT2D eigenvalue weighted by Crippen LogP contribution is 2.37. The number of primary amides is 2. The highest BCUT2D eigenvalue weighted by atomic mass is 32.1. The van der Waals surface area contributed by atoms with Crippen molar-refractivity contribution < 1.29 is 23.9 Å². The molecule has 0 unspecified atom stereocenters. The van der Waals surface area contributed by atoms with Crippen LogP contribution in [0.4, 0.5) is 5.95 Å². The zero-order valence-electron chi connectivity index (χ0n) is 34.0. The van der Waals surface area contributed by atoms with Crippen molar-refractivity contribution in [2.45, 2.75) is 60.2 Å². The number of nitrogens with one attached hydrogen (secondary N) is 2. The first-order valence-electron chi connectivity index (χ1n) is 19.8. The van der Waals surface area contributed by atoms with Gasteiger partial charge in [0.15, 0.2) is 5.82 Å². The van der Waals surface area contributed by atoms with Gasteiger partial charge in [-0.3, -0.25) is 24.4 Å². The summed E-state index contributed by atoms with van der Waals surface area (Å²) in [5.41, 5.74) is 16.7. The van der Waals surface area contributed by atoms with Gasteiger partial charge in [-0.1, -0.05) is 19.1 Å². The number of nitrogens with two attached hydrogens (primary N) is 2. The molecule has 5 aromatic heterocycles. The summed E-state index contributed by atoms with van der Waals surface area (Å²) < 4.78 is 17.9. The third kappa shape index (κ3) is 7.54. The second-order valence-electron chi connectivity index (χ2n) is 14.7. The molecule has 0 aliphatic carbocycles. The number of carbonyl (C=O) groups is 3. The van der Waals surface area contributed by atoms with Crippen LogP contribution in [0.15, 0.2) is 48.7 Å². The van der Waals surface area contributed by atoms with E-state index in [2.05, 4.69) is 20.7 Å². The summed E-state index contributed by atoms with van der Waals surface area (Å²) in [6.45, 7) is 11.3. The first-order valence-corrected chi connectivity index (χ1v) is 20.6. The molecular formula is C42H46N12O5S.